The van der Waals surface area contributed by atoms with Crippen molar-refractivity contribution in [3.63, 3.8) is 0 Å². The van der Waals surface area contributed by atoms with Crippen molar-refractivity contribution in [1.82, 2.24) is 9.13 Å². The lowest BCUT2D eigenvalue weighted by Crippen LogP contribution is -1.99. The fourth-order valence-corrected chi connectivity index (χ4v) is 14.3. The van der Waals surface area contributed by atoms with Crippen molar-refractivity contribution in [1.29, 1.82) is 0 Å². The molecular weight excluding hydrogens is 989 g/mol. The molecule has 15 aromatic carbocycles. The number of aromatic nitrogens is 2. The van der Waals surface area contributed by atoms with Crippen LogP contribution >= 0.6 is 0 Å². The number of nitrogens with zero attached hydrogens (tertiary/aromatic N) is 2. The molecule has 0 fully saturated rings. The van der Waals surface area contributed by atoms with E-state index >= 15 is 0 Å². The first kappa shape index (κ1) is 46.4. The number of benzene rings is 15. The molecular formula is C80H52N2. The Kier molecular flexibility index (Phi) is 10.2. The second-order valence-corrected chi connectivity index (χ2v) is 22.4. The molecule has 82 heavy (non-hydrogen) atoms. The average molecular weight is 1040 g/mol. The molecule has 382 valence electrons. The summed E-state index contributed by atoms with van der Waals surface area (Å²) in [7, 11) is 0. The Morgan fingerprint density at radius 1 is 0.207 bits per heavy atom. The average Bonchev–Trinajstić information content (AvgIpc) is 2.68. The number of para-hydroxylation sites is 4. The molecule has 0 aliphatic heterocycles. The molecule has 0 amide bonds. The molecule has 17 rings (SSSR count). The predicted molar refractivity (Wildman–Crippen MR) is 351 cm³/mol. The smallest absolute Gasteiger partial charge is 0.0541 e. The minimum Gasteiger partial charge on any atom is -0.309 e. The highest BCUT2D eigenvalue weighted by Crippen LogP contribution is 2.50. The quantitative estimate of drug-likeness (QED) is 0.147. The molecule has 0 unspecified atom stereocenters. The van der Waals surface area contributed by atoms with E-state index in [4.69, 9.17) is 0 Å². The van der Waals surface area contributed by atoms with Crippen LogP contribution in [0.15, 0.2) is 279 Å². The van der Waals surface area contributed by atoms with E-state index in [0.29, 0.717) is 0 Å². The summed E-state index contributed by atoms with van der Waals surface area (Å²) >= 11 is 0. The highest BCUT2D eigenvalue weighted by Gasteiger charge is 2.24. The largest absolute Gasteiger partial charge is 0.309 e. The predicted octanol–water partition coefficient (Wildman–Crippen LogP) is 22.1. The van der Waals surface area contributed by atoms with Gasteiger partial charge in [0.05, 0.1) is 22.1 Å². The van der Waals surface area contributed by atoms with Gasteiger partial charge in [0, 0.05) is 32.9 Å². The minimum atomic E-state index is 1.15. The molecule has 0 spiro atoms. The lowest BCUT2D eigenvalue weighted by Gasteiger charge is -2.23. The van der Waals surface area contributed by atoms with Crippen LogP contribution in [0.2, 0.25) is 0 Å². The van der Waals surface area contributed by atoms with Crippen molar-refractivity contribution in [2.75, 3.05) is 0 Å². The summed E-state index contributed by atoms with van der Waals surface area (Å²) in [5.41, 5.74) is 19.4. The van der Waals surface area contributed by atoms with Gasteiger partial charge >= 0.3 is 0 Å². The molecule has 0 bridgehead atoms. The van der Waals surface area contributed by atoms with E-state index in [2.05, 4.69) is 302 Å². The maximum atomic E-state index is 2.52. The van der Waals surface area contributed by atoms with Crippen LogP contribution in [-0.4, -0.2) is 9.13 Å². The van der Waals surface area contributed by atoms with Gasteiger partial charge in [-0.3, -0.25) is 0 Å². The highest BCUT2D eigenvalue weighted by atomic mass is 15.0. The van der Waals surface area contributed by atoms with E-state index in [9.17, 15) is 0 Å². The van der Waals surface area contributed by atoms with Gasteiger partial charge < -0.3 is 9.13 Å². The van der Waals surface area contributed by atoms with E-state index in [0.717, 1.165) is 11.4 Å². The Labute approximate surface area is 474 Å². The molecule has 0 radical (unpaired) electrons. The third-order valence-electron chi connectivity index (χ3n) is 17.9. The van der Waals surface area contributed by atoms with Crippen molar-refractivity contribution < 1.29 is 0 Å². The SMILES string of the molecule is Cc1cc(-n2c3ccccc3c3ccccc32)ccc1-c1c2ccc(-c3c4ccccc4cc4ccccc34)cc2c(-c2ccc(-n3c4ccccc4c4ccccc43)cc2C)c2ccc(-c3c4ccccc4cc4ccccc34)cc12. The van der Waals surface area contributed by atoms with Crippen LogP contribution in [-0.2, 0) is 0 Å². The highest BCUT2D eigenvalue weighted by molar-refractivity contribution is 6.25. The van der Waals surface area contributed by atoms with Crippen molar-refractivity contribution in [3.8, 4) is 55.9 Å². The van der Waals surface area contributed by atoms with E-state index in [1.54, 1.807) is 0 Å². The molecule has 17 aromatic rings. The maximum Gasteiger partial charge on any atom is 0.0541 e. The molecule has 2 aromatic heterocycles. The first-order valence-electron chi connectivity index (χ1n) is 28.6. The van der Waals surface area contributed by atoms with Crippen LogP contribution in [0, 0.1) is 13.8 Å². The number of fused-ring (bicyclic) bond motifs is 12. The molecule has 0 aliphatic rings. The lowest BCUT2D eigenvalue weighted by molar-refractivity contribution is 1.17. The first-order chi connectivity index (χ1) is 40.5. The summed E-state index contributed by atoms with van der Waals surface area (Å²) in [6.45, 7) is 4.63. The van der Waals surface area contributed by atoms with Crippen LogP contribution in [0.5, 0.6) is 0 Å². The number of hydrogen-bond acceptors (Lipinski definition) is 0. The molecule has 0 saturated heterocycles. The van der Waals surface area contributed by atoms with Gasteiger partial charge in [-0.15, -0.1) is 0 Å². The number of rotatable bonds is 6. The summed E-state index contributed by atoms with van der Waals surface area (Å²) in [6.07, 6.45) is 0. The van der Waals surface area contributed by atoms with Gasteiger partial charge in [0.2, 0.25) is 0 Å². The fourth-order valence-electron chi connectivity index (χ4n) is 14.3. The number of hydrogen-bond donors (Lipinski definition) is 0. The van der Waals surface area contributed by atoms with Gasteiger partial charge in [0.15, 0.2) is 0 Å². The Balaban J connectivity index is 0.994. The van der Waals surface area contributed by atoms with Crippen molar-refractivity contribution in [3.05, 3.63) is 290 Å². The van der Waals surface area contributed by atoms with E-state index in [1.807, 2.05) is 0 Å². The second kappa shape index (κ2) is 18.0. The normalized spacial score (nSPS) is 12.0. The maximum absolute atomic E-state index is 2.52. The Bertz CT molecular complexity index is 4990. The lowest BCUT2D eigenvalue weighted by atomic mass is 9.81. The van der Waals surface area contributed by atoms with E-state index in [-0.39, 0.29) is 0 Å². The molecule has 0 saturated carbocycles. The van der Waals surface area contributed by atoms with Crippen LogP contribution in [0.4, 0.5) is 0 Å². The minimum absolute atomic E-state index is 1.15. The van der Waals surface area contributed by atoms with Crippen molar-refractivity contribution in [2.45, 2.75) is 13.8 Å². The number of aryl methyl sites for hydroxylation is 2. The Morgan fingerprint density at radius 2 is 0.500 bits per heavy atom. The summed E-state index contributed by atoms with van der Waals surface area (Å²) < 4.78 is 4.88. The van der Waals surface area contributed by atoms with Crippen LogP contribution in [0.1, 0.15) is 11.1 Å². The van der Waals surface area contributed by atoms with Gasteiger partial charge in [-0.25, -0.2) is 0 Å². The first-order valence-corrected chi connectivity index (χ1v) is 28.6. The third-order valence-corrected chi connectivity index (χ3v) is 17.9. The molecule has 2 heteroatoms. The van der Waals surface area contributed by atoms with E-state index < -0.39 is 0 Å². The summed E-state index contributed by atoms with van der Waals surface area (Å²) in [4.78, 5) is 0. The van der Waals surface area contributed by atoms with E-state index in [1.165, 1.54) is 164 Å². The summed E-state index contributed by atoms with van der Waals surface area (Å²) in [6, 6.07) is 105. The van der Waals surface area contributed by atoms with Gasteiger partial charge in [0.1, 0.15) is 0 Å². The van der Waals surface area contributed by atoms with Crippen molar-refractivity contribution in [2.24, 2.45) is 0 Å². The van der Waals surface area contributed by atoms with Crippen molar-refractivity contribution >= 4 is 108 Å². The monoisotopic (exact) mass is 1040 g/mol. The third kappa shape index (κ3) is 6.88. The molecule has 0 N–H and O–H groups in total. The molecule has 2 nitrogen and oxygen atoms in total. The molecule has 2 heterocycles. The molecule has 0 aliphatic carbocycles. The zero-order valence-electron chi connectivity index (χ0n) is 45.5. The standard InChI is InChI=1S/C80H52N2/c1-49-43-57(81-73-31-15-11-27-65(73)66-28-12-16-32-74(66)81)37-41-59(49)79-69-39-35-56(78-63-25-9-5-21-53(63)46-54-22-6-10-26-64(54)78)48-72(69)80(60-42-38-58(44-50(60)2)82-75-33-17-13-29-67(75)68-30-14-18-34-76(68)82)70-40-36-55(47-71(70)79)77-61-23-7-3-19-51(61)45-52-20-4-8-24-62(52)77/h3-48H,1-2H3. The Morgan fingerprint density at radius 3 is 0.817 bits per heavy atom. The second-order valence-electron chi connectivity index (χ2n) is 22.4. The zero-order valence-corrected chi connectivity index (χ0v) is 45.5. The van der Waals surface area contributed by atoms with Crippen LogP contribution in [0.25, 0.3) is 164 Å². The van der Waals surface area contributed by atoms with Gasteiger partial charge in [0.25, 0.3) is 0 Å². The van der Waals surface area contributed by atoms with Crippen LogP contribution in [0.3, 0.4) is 0 Å². The van der Waals surface area contributed by atoms with Gasteiger partial charge in [-0.1, -0.05) is 206 Å². The summed E-state index contributed by atoms with van der Waals surface area (Å²) in [5, 5.41) is 19.8. The zero-order chi connectivity index (χ0) is 54.2. The fraction of sp³-hybridized carbons (Fsp3) is 0.0250. The van der Waals surface area contributed by atoms with Gasteiger partial charge in [-0.05, 0) is 207 Å². The topological polar surface area (TPSA) is 9.86 Å². The molecule has 0 atom stereocenters. The Hall–Kier alpha value is -10.5. The van der Waals surface area contributed by atoms with Crippen LogP contribution < -0.4 is 0 Å². The summed E-state index contributed by atoms with van der Waals surface area (Å²) in [5.74, 6) is 0. The van der Waals surface area contributed by atoms with Gasteiger partial charge in [-0.2, -0.15) is 0 Å².